The van der Waals surface area contributed by atoms with Crippen molar-refractivity contribution >= 4 is 17.6 Å². The maximum atomic E-state index is 12.2. The van der Waals surface area contributed by atoms with E-state index in [4.69, 9.17) is 15.2 Å². The average molecular weight is 389 g/mol. The van der Waals surface area contributed by atoms with Crippen LogP contribution in [0.5, 0.6) is 5.75 Å². The molecule has 0 atom stereocenters. The summed E-state index contributed by atoms with van der Waals surface area (Å²) < 4.78 is 11.4. The number of hydrogen-bond acceptors (Lipinski definition) is 7. The van der Waals surface area contributed by atoms with E-state index in [2.05, 4.69) is 6.92 Å². The standard InChI is InChI=1S/C19H23N3O6/c1-3-4-5-10-27-13-8-6-12(7-9-13)18(25)28-11-14(23)15-16(20)22(2)19(26)21-17(15)24/h6-9H,3-5,10-11,20H2,1-2H3,(H,21,24,26). The van der Waals surface area contributed by atoms with Gasteiger partial charge in [-0.15, -0.1) is 0 Å². The van der Waals surface area contributed by atoms with Crippen LogP contribution in [0.1, 0.15) is 46.9 Å². The molecule has 2 rings (SSSR count). The minimum Gasteiger partial charge on any atom is -0.494 e. The summed E-state index contributed by atoms with van der Waals surface area (Å²) in [6.07, 6.45) is 3.14. The van der Waals surface area contributed by atoms with Crippen molar-refractivity contribution in [1.29, 1.82) is 0 Å². The number of ketones is 1. The first-order valence-corrected chi connectivity index (χ1v) is 8.87. The number of nitrogen functional groups attached to an aromatic ring is 1. The maximum Gasteiger partial charge on any atom is 0.338 e. The molecule has 0 saturated carbocycles. The molecule has 0 unspecified atom stereocenters. The molecule has 2 aromatic rings. The summed E-state index contributed by atoms with van der Waals surface area (Å²) in [4.78, 5) is 49.5. The highest BCUT2D eigenvalue weighted by atomic mass is 16.5. The number of esters is 1. The minimum absolute atomic E-state index is 0.232. The molecular formula is C19H23N3O6. The molecule has 3 N–H and O–H groups in total. The van der Waals surface area contributed by atoms with Crippen LogP contribution in [-0.4, -0.2) is 34.5 Å². The Morgan fingerprint density at radius 1 is 1.14 bits per heavy atom. The van der Waals surface area contributed by atoms with Gasteiger partial charge in [-0.05, 0) is 30.7 Å². The van der Waals surface area contributed by atoms with E-state index in [1.807, 2.05) is 4.98 Å². The Labute approximate surface area is 161 Å². The fraction of sp³-hybridized carbons (Fsp3) is 0.368. The van der Waals surface area contributed by atoms with Gasteiger partial charge in [0.25, 0.3) is 5.56 Å². The number of rotatable bonds is 9. The van der Waals surface area contributed by atoms with E-state index < -0.39 is 35.2 Å². The molecule has 28 heavy (non-hydrogen) atoms. The van der Waals surface area contributed by atoms with Crippen LogP contribution >= 0.6 is 0 Å². The number of unbranched alkanes of at least 4 members (excludes halogenated alkanes) is 2. The Morgan fingerprint density at radius 3 is 2.46 bits per heavy atom. The zero-order chi connectivity index (χ0) is 20.7. The van der Waals surface area contributed by atoms with E-state index in [-0.39, 0.29) is 11.4 Å². The van der Waals surface area contributed by atoms with Gasteiger partial charge in [0, 0.05) is 7.05 Å². The van der Waals surface area contributed by atoms with E-state index >= 15 is 0 Å². The third-order valence-corrected chi connectivity index (χ3v) is 4.09. The van der Waals surface area contributed by atoms with Crippen molar-refractivity contribution in [1.82, 2.24) is 9.55 Å². The van der Waals surface area contributed by atoms with Crippen LogP contribution < -0.4 is 21.7 Å². The molecule has 9 nitrogen and oxygen atoms in total. The number of anilines is 1. The van der Waals surface area contributed by atoms with Crippen molar-refractivity contribution in [2.45, 2.75) is 26.2 Å². The number of carbonyl (C=O) groups excluding carboxylic acids is 2. The number of benzene rings is 1. The number of nitrogens with one attached hydrogen (secondary N) is 1. The number of Topliss-reactive ketones (excluding diaryl/α,β-unsaturated/α-hetero) is 1. The topological polar surface area (TPSA) is 133 Å². The Balaban J connectivity index is 1.97. The van der Waals surface area contributed by atoms with E-state index in [1.54, 1.807) is 12.1 Å². The van der Waals surface area contributed by atoms with Gasteiger partial charge in [-0.2, -0.15) is 0 Å². The van der Waals surface area contributed by atoms with Gasteiger partial charge < -0.3 is 15.2 Å². The van der Waals surface area contributed by atoms with Crippen LogP contribution in [0.25, 0.3) is 0 Å². The SMILES string of the molecule is CCCCCOc1ccc(C(=O)OCC(=O)c2c(N)n(C)c(=O)[nH]c2=O)cc1. The molecule has 0 bridgehead atoms. The second-order valence-corrected chi connectivity index (χ2v) is 6.16. The van der Waals surface area contributed by atoms with Gasteiger partial charge in [-0.25, -0.2) is 9.59 Å². The Hall–Kier alpha value is -3.36. The lowest BCUT2D eigenvalue weighted by atomic mass is 10.2. The minimum atomic E-state index is -0.925. The molecule has 0 saturated heterocycles. The summed E-state index contributed by atoms with van der Waals surface area (Å²) in [5, 5.41) is 0. The number of H-pyrrole nitrogens is 1. The van der Waals surface area contributed by atoms with Crippen LogP contribution in [0.2, 0.25) is 0 Å². The van der Waals surface area contributed by atoms with Crippen molar-refractivity contribution in [3.63, 3.8) is 0 Å². The predicted octanol–water partition coefficient (Wildman–Crippen LogP) is 1.26. The van der Waals surface area contributed by atoms with Gasteiger partial charge in [0.2, 0.25) is 5.78 Å². The van der Waals surface area contributed by atoms with Crippen LogP contribution in [0, 0.1) is 0 Å². The zero-order valence-corrected chi connectivity index (χ0v) is 15.8. The van der Waals surface area contributed by atoms with Crippen molar-refractivity contribution in [2.24, 2.45) is 7.05 Å². The van der Waals surface area contributed by atoms with Gasteiger partial charge in [-0.1, -0.05) is 19.8 Å². The molecule has 1 aromatic heterocycles. The highest BCUT2D eigenvalue weighted by Crippen LogP contribution is 2.14. The number of hydrogen-bond donors (Lipinski definition) is 2. The number of carbonyl (C=O) groups is 2. The predicted molar refractivity (Wildman–Crippen MR) is 103 cm³/mol. The molecule has 1 aromatic carbocycles. The monoisotopic (exact) mass is 389 g/mol. The highest BCUT2D eigenvalue weighted by molar-refractivity contribution is 6.02. The van der Waals surface area contributed by atoms with Crippen LogP contribution in [-0.2, 0) is 11.8 Å². The highest BCUT2D eigenvalue weighted by Gasteiger charge is 2.20. The lowest BCUT2D eigenvalue weighted by Crippen LogP contribution is -2.35. The van der Waals surface area contributed by atoms with Gasteiger partial charge in [-0.3, -0.25) is 19.1 Å². The number of aromatic nitrogens is 2. The molecule has 0 aliphatic carbocycles. The van der Waals surface area contributed by atoms with E-state index in [1.165, 1.54) is 19.2 Å². The lowest BCUT2D eigenvalue weighted by molar-refractivity contribution is 0.0474. The van der Waals surface area contributed by atoms with Crippen LogP contribution in [0.4, 0.5) is 5.82 Å². The molecule has 0 spiro atoms. The lowest BCUT2D eigenvalue weighted by Gasteiger charge is -2.09. The average Bonchev–Trinajstić information content (AvgIpc) is 2.68. The number of aromatic amines is 1. The third-order valence-electron chi connectivity index (χ3n) is 4.09. The van der Waals surface area contributed by atoms with Gasteiger partial charge >= 0.3 is 11.7 Å². The maximum absolute atomic E-state index is 12.2. The normalized spacial score (nSPS) is 10.5. The molecule has 150 valence electrons. The number of nitrogens with zero attached hydrogens (tertiary/aromatic N) is 1. The molecule has 0 amide bonds. The van der Waals surface area contributed by atoms with Crippen molar-refractivity contribution < 1.29 is 19.1 Å². The van der Waals surface area contributed by atoms with Gasteiger partial charge in [0.1, 0.15) is 17.1 Å². The largest absolute Gasteiger partial charge is 0.494 e. The first-order valence-electron chi connectivity index (χ1n) is 8.87. The second-order valence-electron chi connectivity index (χ2n) is 6.16. The number of nitrogens with two attached hydrogens (primary N) is 1. The van der Waals surface area contributed by atoms with Crippen molar-refractivity contribution in [2.75, 3.05) is 18.9 Å². The number of ether oxygens (including phenoxy) is 2. The van der Waals surface area contributed by atoms with Gasteiger partial charge in [0.15, 0.2) is 6.61 Å². The molecule has 0 aliphatic rings. The Bertz CT molecular complexity index is 959. The summed E-state index contributed by atoms with van der Waals surface area (Å²) in [5.41, 5.74) is 3.79. The fourth-order valence-corrected chi connectivity index (χ4v) is 2.42. The van der Waals surface area contributed by atoms with Gasteiger partial charge in [0.05, 0.1) is 12.2 Å². The first kappa shape index (κ1) is 20.9. The van der Waals surface area contributed by atoms with Crippen molar-refractivity contribution in [3.8, 4) is 5.75 Å². The summed E-state index contributed by atoms with van der Waals surface area (Å²) in [6, 6.07) is 6.32. The summed E-state index contributed by atoms with van der Waals surface area (Å²) >= 11 is 0. The molecular weight excluding hydrogens is 366 g/mol. The fourth-order valence-electron chi connectivity index (χ4n) is 2.42. The smallest absolute Gasteiger partial charge is 0.338 e. The molecule has 9 heteroatoms. The molecule has 0 radical (unpaired) electrons. The third kappa shape index (κ3) is 5.09. The molecule has 0 aliphatic heterocycles. The summed E-state index contributed by atoms with van der Waals surface area (Å²) in [6.45, 7) is 2.02. The van der Waals surface area contributed by atoms with E-state index in [0.29, 0.717) is 12.4 Å². The van der Waals surface area contributed by atoms with E-state index in [0.717, 1.165) is 23.8 Å². The summed E-state index contributed by atoms with van der Waals surface area (Å²) in [7, 11) is 1.31. The van der Waals surface area contributed by atoms with Crippen LogP contribution in [0.3, 0.4) is 0 Å². The zero-order valence-electron chi connectivity index (χ0n) is 15.8. The molecule has 0 fully saturated rings. The van der Waals surface area contributed by atoms with E-state index in [9.17, 15) is 19.2 Å². The Kier molecular flexibility index (Phi) is 7.14. The quantitative estimate of drug-likeness (QED) is 0.375. The van der Waals surface area contributed by atoms with Crippen LogP contribution in [0.15, 0.2) is 33.9 Å². The second kappa shape index (κ2) is 9.54. The summed E-state index contributed by atoms with van der Waals surface area (Å²) in [5.74, 6) is -1.20. The Morgan fingerprint density at radius 2 is 1.82 bits per heavy atom. The van der Waals surface area contributed by atoms with Crippen molar-refractivity contribution in [3.05, 3.63) is 56.2 Å². The molecule has 1 heterocycles. The first-order chi connectivity index (χ1) is 13.3.